The zero-order chi connectivity index (χ0) is 13.0. The summed E-state index contributed by atoms with van der Waals surface area (Å²) in [6.45, 7) is 5.69. The Kier molecular flexibility index (Phi) is 4.22. The Morgan fingerprint density at radius 3 is 2.59 bits per heavy atom. The summed E-state index contributed by atoms with van der Waals surface area (Å²) < 4.78 is 4.99. The lowest BCUT2D eigenvalue weighted by Crippen LogP contribution is -2.46. The molecule has 0 aromatic carbocycles. The predicted octanol–water partition coefficient (Wildman–Crippen LogP) is -0.0356. The molecule has 0 aliphatic carbocycles. The Labute approximate surface area is 98.7 Å². The molecular formula is C10H16N4O3. The van der Waals surface area contributed by atoms with Gasteiger partial charge in [-0.15, -0.1) is 0 Å². The molecule has 1 unspecified atom stereocenters. The van der Waals surface area contributed by atoms with E-state index in [1.165, 1.54) is 0 Å². The second-order valence-electron chi connectivity index (χ2n) is 3.76. The second kappa shape index (κ2) is 5.44. The summed E-state index contributed by atoms with van der Waals surface area (Å²) in [5.74, 6) is 0.238. The number of hydrogen-bond donors (Lipinski definition) is 3. The molecule has 7 nitrogen and oxygen atoms in total. The van der Waals surface area contributed by atoms with Crippen LogP contribution in [-0.2, 0) is 11.3 Å². The average Bonchev–Trinajstić information content (AvgIpc) is 2.54. The normalized spacial score (nSPS) is 12.2. The van der Waals surface area contributed by atoms with E-state index in [-0.39, 0.29) is 0 Å². The summed E-state index contributed by atoms with van der Waals surface area (Å²) in [5, 5.41) is 8.75. The lowest BCUT2D eigenvalue weighted by Gasteiger charge is -2.12. The van der Waals surface area contributed by atoms with Gasteiger partial charge in [0.25, 0.3) is 0 Å². The summed E-state index contributed by atoms with van der Waals surface area (Å²) in [6, 6.07) is -1.39. The fourth-order valence-corrected chi connectivity index (χ4v) is 1.33. The van der Waals surface area contributed by atoms with Crippen LogP contribution in [-0.4, -0.2) is 23.1 Å². The second-order valence-corrected chi connectivity index (χ2v) is 3.76. The maximum absolute atomic E-state index is 11.4. The maximum atomic E-state index is 11.4. The largest absolute Gasteiger partial charge is 0.361 e. The van der Waals surface area contributed by atoms with Crippen molar-refractivity contribution in [2.75, 3.05) is 0 Å². The summed E-state index contributed by atoms with van der Waals surface area (Å²) >= 11 is 0. The van der Waals surface area contributed by atoms with Crippen LogP contribution in [0.2, 0.25) is 0 Å². The van der Waals surface area contributed by atoms with E-state index in [4.69, 9.17) is 10.3 Å². The monoisotopic (exact) mass is 240 g/mol. The number of nitrogens with two attached hydrogens (primary N) is 1. The molecule has 0 saturated carbocycles. The molecule has 1 aromatic rings. The van der Waals surface area contributed by atoms with Gasteiger partial charge in [-0.3, -0.25) is 10.1 Å². The van der Waals surface area contributed by atoms with E-state index in [1.54, 1.807) is 13.8 Å². The van der Waals surface area contributed by atoms with Crippen molar-refractivity contribution in [2.24, 2.45) is 5.73 Å². The number of carbonyl (C=O) groups is 2. The van der Waals surface area contributed by atoms with Crippen molar-refractivity contribution < 1.29 is 14.1 Å². The van der Waals surface area contributed by atoms with E-state index in [0.717, 1.165) is 11.3 Å². The number of nitrogens with one attached hydrogen (secondary N) is 2. The highest BCUT2D eigenvalue weighted by Crippen LogP contribution is 2.11. The standard InChI is InChI=1S/C10H16N4O3/c1-5-8(7(3)17-14-5)4-12-6(2)9(15)13-10(11)16/h6,12H,4H2,1-3H3,(H3,11,13,15,16). The van der Waals surface area contributed by atoms with Crippen molar-refractivity contribution >= 4 is 11.9 Å². The molecule has 0 bridgehead atoms. The van der Waals surface area contributed by atoms with Gasteiger partial charge in [-0.25, -0.2) is 4.79 Å². The number of imide groups is 1. The summed E-state index contributed by atoms with van der Waals surface area (Å²) in [4.78, 5) is 21.9. The van der Waals surface area contributed by atoms with Crippen LogP contribution in [0.25, 0.3) is 0 Å². The first kappa shape index (κ1) is 13.2. The smallest absolute Gasteiger partial charge is 0.318 e. The first-order chi connectivity index (χ1) is 7.91. The van der Waals surface area contributed by atoms with Crippen LogP contribution >= 0.6 is 0 Å². The molecule has 0 radical (unpaired) electrons. The van der Waals surface area contributed by atoms with E-state index in [1.807, 2.05) is 12.2 Å². The van der Waals surface area contributed by atoms with E-state index >= 15 is 0 Å². The fourth-order valence-electron chi connectivity index (χ4n) is 1.33. The fraction of sp³-hybridized carbons (Fsp3) is 0.500. The molecule has 0 spiro atoms. The van der Waals surface area contributed by atoms with Gasteiger partial charge in [0, 0.05) is 12.1 Å². The molecule has 1 heterocycles. The number of carbonyl (C=O) groups excluding carboxylic acids is 2. The molecule has 0 aliphatic heterocycles. The van der Waals surface area contributed by atoms with Crippen LogP contribution < -0.4 is 16.4 Å². The highest BCUT2D eigenvalue weighted by atomic mass is 16.5. The third kappa shape index (κ3) is 3.56. The summed E-state index contributed by atoms with van der Waals surface area (Å²) in [6.07, 6.45) is 0. The molecular weight excluding hydrogens is 224 g/mol. The quantitative estimate of drug-likeness (QED) is 0.684. The number of hydrogen-bond acceptors (Lipinski definition) is 5. The lowest BCUT2D eigenvalue weighted by atomic mass is 10.2. The number of aromatic nitrogens is 1. The molecule has 0 aliphatic rings. The minimum atomic E-state index is -0.860. The molecule has 1 atom stereocenters. The third-order valence-electron chi connectivity index (χ3n) is 2.41. The van der Waals surface area contributed by atoms with Gasteiger partial charge in [-0.05, 0) is 20.8 Å². The van der Waals surface area contributed by atoms with Crippen LogP contribution in [0.4, 0.5) is 4.79 Å². The number of aryl methyl sites for hydroxylation is 2. The van der Waals surface area contributed by atoms with Gasteiger partial charge in [0.1, 0.15) is 5.76 Å². The van der Waals surface area contributed by atoms with Gasteiger partial charge < -0.3 is 15.6 Å². The van der Waals surface area contributed by atoms with E-state index < -0.39 is 18.0 Å². The van der Waals surface area contributed by atoms with Gasteiger partial charge >= 0.3 is 6.03 Å². The Bertz CT molecular complexity index is 408. The van der Waals surface area contributed by atoms with Gasteiger partial charge in [0.2, 0.25) is 5.91 Å². The lowest BCUT2D eigenvalue weighted by molar-refractivity contribution is -0.121. The number of urea groups is 1. The van der Waals surface area contributed by atoms with Crippen LogP contribution in [0.3, 0.4) is 0 Å². The van der Waals surface area contributed by atoms with Gasteiger partial charge in [-0.1, -0.05) is 5.16 Å². The van der Waals surface area contributed by atoms with E-state index in [0.29, 0.717) is 12.3 Å². The Morgan fingerprint density at radius 1 is 1.47 bits per heavy atom. The zero-order valence-corrected chi connectivity index (χ0v) is 10.0. The van der Waals surface area contributed by atoms with Crippen LogP contribution in [0.1, 0.15) is 23.9 Å². The average molecular weight is 240 g/mol. The summed E-state index contributed by atoms with van der Waals surface area (Å²) in [7, 11) is 0. The maximum Gasteiger partial charge on any atom is 0.318 e. The highest BCUT2D eigenvalue weighted by molar-refractivity contribution is 5.96. The van der Waals surface area contributed by atoms with Crippen LogP contribution in [0.15, 0.2) is 4.52 Å². The third-order valence-corrected chi connectivity index (χ3v) is 2.41. The summed E-state index contributed by atoms with van der Waals surface area (Å²) in [5.41, 5.74) is 6.53. The SMILES string of the molecule is Cc1noc(C)c1CNC(C)C(=O)NC(N)=O. The van der Waals surface area contributed by atoms with Crippen LogP contribution in [0.5, 0.6) is 0 Å². The van der Waals surface area contributed by atoms with Gasteiger partial charge in [-0.2, -0.15) is 0 Å². The van der Waals surface area contributed by atoms with Crippen molar-refractivity contribution in [3.8, 4) is 0 Å². The van der Waals surface area contributed by atoms with Crippen molar-refractivity contribution in [3.05, 3.63) is 17.0 Å². The number of primary amides is 1. The minimum absolute atomic E-state index is 0.439. The molecule has 0 saturated heterocycles. The number of nitrogens with zero attached hydrogens (tertiary/aromatic N) is 1. The Morgan fingerprint density at radius 2 is 2.12 bits per heavy atom. The van der Waals surface area contributed by atoms with Gasteiger partial charge in [0.05, 0.1) is 11.7 Å². The van der Waals surface area contributed by atoms with Crippen LogP contribution in [0, 0.1) is 13.8 Å². The zero-order valence-electron chi connectivity index (χ0n) is 10.0. The first-order valence-electron chi connectivity index (χ1n) is 5.17. The predicted molar refractivity (Wildman–Crippen MR) is 60.0 cm³/mol. The first-order valence-corrected chi connectivity index (χ1v) is 5.17. The number of amides is 3. The van der Waals surface area contributed by atoms with Crippen molar-refractivity contribution in [1.82, 2.24) is 15.8 Å². The Balaban J connectivity index is 2.51. The highest BCUT2D eigenvalue weighted by Gasteiger charge is 2.15. The molecule has 1 rings (SSSR count). The minimum Gasteiger partial charge on any atom is -0.361 e. The van der Waals surface area contributed by atoms with E-state index in [2.05, 4.69) is 10.5 Å². The molecule has 17 heavy (non-hydrogen) atoms. The van der Waals surface area contributed by atoms with Crippen molar-refractivity contribution in [2.45, 2.75) is 33.4 Å². The van der Waals surface area contributed by atoms with E-state index in [9.17, 15) is 9.59 Å². The Hall–Kier alpha value is -1.89. The topological polar surface area (TPSA) is 110 Å². The molecule has 3 amide bonds. The molecule has 1 aromatic heterocycles. The molecule has 94 valence electrons. The van der Waals surface area contributed by atoms with Crippen molar-refractivity contribution in [3.63, 3.8) is 0 Å². The molecule has 0 fully saturated rings. The van der Waals surface area contributed by atoms with Crippen molar-refractivity contribution in [1.29, 1.82) is 0 Å². The van der Waals surface area contributed by atoms with Gasteiger partial charge in [0.15, 0.2) is 0 Å². The molecule has 7 heteroatoms. The number of rotatable bonds is 4. The molecule has 4 N–H and O–H groups in total.